The van der Waals surface area contributed by atoms with Gasteiger partial charge in [0, 0.05) is 34.0 Å². The predicted octanol–water partition coefficient (Wildman–Crippen LogP) is 14.2. The van der Waals surface area contributed by atoms with E-state index in [1.165, 1.54) is 108 Å². The lowest BCUT2D eigenvalue weighted by molar-refractivity contribution is -0.148. The number of carbonyl (C=O) groups excluding carboxylic acids is 1. The number of methoxy groups -OCH3 is 2. The number of fused-ring (bicyclic) bond motifs is 2. The van der Waals surface area contributed by atoms with Gasteiger partial charge in [0.2, 0.25) is 0 Å². The highest BCUT2D eigenvalue weighted by molar-refractivity contribution is 5.66. The minimum absolute atomic E-state index is 0.101. The van der Waals surface area contributed by atoms with E-state index in [1.54, 1.807) is 25.4 Å². The van der Waals surface area contributed by atoms with Crippen LogP contribution in [0.5, 0.6) is 0 Å². The number of aliphatic hydroxyl groups is 2. The van der Waals surface area contributed by atoms with Gasteiger partial charge in [-0.2, -0.15) is 0 Å². The van der Waals surface area contributed by atoms with E-state index >= 15 is 0 Å². The molecular weight excluding hydrogens is 837 g/mol. The zero-order valence-electron chi connectivity index (χ0n) is 44.9. The molecule has 6 aliphatic rings. The molecule has 0 aromatic heterocycles. The Kier molecular flexibility index (Phi) is 21.4. The molecule has 0 aromatic rings. The summed E-state index contributed by atoms with van der Waals surface area (Å²) in [6.45, 7) is 23.3. The fourth-order valence-corrected chi connectivity index (χ4v) is 14.8. The number of carbonyl (C=O) groups is 1. The molecule has 384 valence electrons. The van der Waals surface area contributed by atoms with Crippen LogP contribution in [-0.4, -0.2) is 73.5 Å². The lowest BCUT2D eigenvalue weighted by Gasteiger charge is -2.44. The molecule has 8 heteroatoms. The van der Waals surface area contributed by atoms with Crippen LogP contribution in [-0.2, 0) is 28.5 Å². The Labute approximate surface area is 409 Å². The van der Waals surface area contributed by atoms with E-state index in [1.807, 2.05) is 0 Å². The van der Waals surface area contributed by atoms with Gasteiger partial charge in [-0.15, -0.1) is 0 Å². The zero-order chi connectivity index (χ0) is 49.0. The maximum Gasteiger partial charge on any atom is 0.302 e. The fourth-order valence-electron chi connectivity index (χ4n) is 14.8. The monoisotopic (exact) mass is 937 g/mol. The van der Waals surface area contributed by atoms with Crippen molar-refractivity contribution in [1.82, 2.24) is 0 Å². The fraction of sp³-hybridized carbons (Fsp3) is 0.847. The SMILES string of the molecule is COCOC(C)(C)CCC[C@@H](C)[C@H]1CC[C@H]2/C(=C/C=C3/C[C@@H](C)C[C@H](O)C3)CCC[C@]12C.COCOC(C)(C)CCC[C@@H](C)[C@H]1CC[C@H]2/C(=C/C=C3/C[C@@H](O)C[C@H](OC(C)=O)C3)CCC[C@]12C. The Morgan fingerprint density at radius 1 is 0.687 bits per heavy atom. The highest BCUT2D eigenvalue weighted by Crippen LogP contribution is 2.61. The van der Waals surface area contributed by atoms with Crippen LogP contribution in [0.15, 0.2) is 46.6 Å². The first-order chi connectivity index (χ1) is 31.7. The van der Waals surface area contributed by atoms with Gasteiger partial charge in [0.15, 0.2) is 0 Å². The molecule has 6 rings (SSSR count). The van der Waals surface area contributed by atoms with Crippen molar-refractivity contribution < 1.29 is 38.7 Å². The third-order valence-electron chi connectivity index (χ3n) is 18.2. The minimum Gasteiger partial charge on any atom is -0.462 e. The Bertz CT molecular complexity index is 1660. The van der Waals surface area contributed by atoms with Crippen LogP contribution in [0.3, 0.4) is 0 Å². The van der Waals surface area contributed by atoms with Crippen molar-refractivity contribution in [3.8, 4) is 0 Å². The van der Waals surface area contributed by atoms with Gasteiger partial charge < -0.3 is 33.9 Å². The third kappa shape index (κ3) is 16.1. The lowest BCUT2D eigenvalue weighted by Crippen LogP contribution is -2.36. The van der Waals surface area contributed by atoms with Crippen molar-refractivity contribution in [1.29, 1.82) is 0 Å². The first kappa shape index (κ1) is 56.1. The number of esters is 1. The molecule has 0 heterocycles. The number of ether oxygens (including phenoxy) is 5. The van der Waals surface area contributed by atoms with Crippen LogP contribution in [0, 0.1) is 52.3 Å². The molecule has 12 atom stereocenters. The summed E-state index contributed by atoms with van der Waals surface area (Å²) in [7, 11) is 3.37. The number of hydrogen-bond acceptors (Lipinski definition) is 8. The Morgan fingerprint density at radius 3 is 1.57 bits per heavy atom. The van der Waals surface area contributed by atoms with E-state index < -0.39 is 6.10 Å². The summed E-state index contributed by atoms with van der Waals surface area (Å²) in [5.74, 6) is 4.88. The van der Waals surface area contributed by atoms with E-state index in [0.717, 1.165) is 68.1 Å². The molecular formula is C59H100O8. The second kappa shape index (κ2) is 25.5. The number of aliphatic hydroxyl groups excluding tert-OH is 2. The number of rotatable bonds is 19. The van der Waals surface area contributed by atoms with Gasteiger partial charge in [0.25, 0.3) is 0 Å². The van der Waals surface area contributed by atoms with Crippen molar-refractivity contribution in [3.05, 3.63) is 46.6 Å². The van der Waals surface area contributed by atoms with Gasteiger partial charge in [-0.1, -0.05) is 107 Å². The molecule has 0 bridgehead atoms. The Morgan fingerprint density at radius 2 is 1.13 bits per heavy atom. The second-order valence-electron chi connectivity index (χ2n) is 24.6. The van der Waals surface area contributed by atoms with Gasteiger partial charge in [0.1, 0.15) is 19.7 Å². The minimum atomic E-state index is -0.420. The lowest BCUT2D eigenvalue weighted by atomic mass is 9.60. The normalized spacial score (nSPS) is 35.9. The maximum absolute atomic E-state index is 11.4. The Balaban J connectivity index is 0.000000252. The van der Waals surface area contributed by atoms with Crippen LogP contribution in [0.2, 0.25) is 0 Å². The van der Waals surface area contributed by atoms with Crippen molar-refractivity contribution in [3.63, 3.8) is 0 Å². The second-order valence-corrected chi connectivity index (χ2v) is 24.6. The van der Waals surface area contributed by atoms with E-state index in [4.69, 9.17) is 23.7 Å². The third-order valence-corrected chi connectivity index (χ3v) is 18.2. The van der Waals surface area contributed by atoms with Crippen LogP contribution in [0.1, 0.15) is 210 Å². The summed E-state index contributed by atoms with van der Waals surface area (Å²) >= 11 is 0. The predicted molar refractivity (Wildman–Crippen MR) is 273 cm³/mol. The molecule has 2 N–H and O–H groups in total. The maximum atomic E-state index is 11.4. The topological polar surface area (TPSA) is 104 Å². The van der Waals surface area contributed by atoms with Gasteiger partial charge in [-0.3, -0.25) is 4.79 Å². The molecule has 6 aliphatic carbocycles. The first-order valence-electron chi connectivity index (χ1n) is 27.2. The molecule has 0 aliphatic heterocycles. The van der Waals surface area contributed by atoms with E-state index in [-0.39, 0.29) is 29.4 Å². The van der Waals surface area contributed by atoms with Crippen molar-refractivity contribution in [2.45, 2.75) is 240 Å². The number of allylic oxidation sites excluding steroid dienone is 6. The summed E-state index contributed by atoms with van der Waals surface area (Å²) in [5, 5.41) is 20.4. The standard InChI is InChI=1S/C30H50O5.C29H50O3/c1-21(9-7-15-29(3,4)34-20-33-6)27-13-14-28-24(10-8-16-30(27,28)5)12-11-23-17-25(32)19-26(18-23)35-22(2)31;1-21-17-23(19-25(30)18-21)11-12-24-10-8-16-29(5)26(13-14-27(24)29)22(2)9-7-15-28(3,4)32-20-31-6/h11-12,21,25-28,32H,7-10,13-20H2,1-6H3;11-12,21-22,25-27,30H,7-10,13-20H2,1-6H3/b2*23-11-,24-12+/t21-,25-,26-,27-,28+,30-;21-,22-,25+,26-,27+,29-/m11/s1. The Hall–Kier alpha value is -1.81. The number of hydrogen-bond donors (Lipinski definition) is 2. The van der Waals surface area contributed by atoms with Crippen molar-refractivity contribution in [2.75, 3.05) is 27.8 Å². The summed E-state index contributed by atoms with van der Waals surface area (Å²) in [6.07, 6.45) is 34.0. The van der Waals surface area contributed by atoms with Gasteiger partial charge in [-0.25, -0.2) is 0 Å². The molecule has 0 spiro atoms. The summed E-state index contributed by atoms with van der Waals surface area (Å²) < 4.78 is 27.3. The molecule has 6 saturated carbocycles. The molecule has 0 unspecified atom stereocenters. The molecule has 0 aromatic carbocycles. The highest BCUT2D eigenvalue weighted by atomic mass is 16.7. The van der Waals surface area contributed by atoms with Crippen LogP contribution < -0.4 is 0 Å². The first-order valence-corrected chi connectivity index (χ1v) is 27.2. The van der Waals surface area contributed by atoms with Crippen LogP contribution in [0.4, 0.5) is 0 Å². The highest BCUT2D eigenvalue weighted by Gasteiger charge is 2.52. The van der Waals surface area contributed by atoms with E-state index in [2.05, 4.69) is 86.6 Å². The summed E-state index contributed by atoms with van der Waals surface area (Å²) in [6, 6.07) is 0. The van der Waals surface area contributed by atoms with E-state index in [0.29, 0.717) is 49.1 Å². The van der Waals surface area contributed by atoms with E-state index in [9.17, 15) is 15.0 Å². The average Bonchev–Trinajstić information content (AvgIpc) is 3.80. The zero-order valence-corrected chi connectivity index (χ0v) is 44.9. The largest absolute Gasteiger partial charge is 0.462 e. The van der Waals surface area contributed by atoms with Crippen LogP contribution in [0.25, 0.3) is 0 Å². The average molecular weight is 937 g/mol. The smallest absolute Gasteiger partial charge is 0.302 e. The van der Waals surface area contributed by atoms with Crippen molar-refractivity contribution in [2.24, 2.45) is 52.3 Å². The van der Waals surface area contributed by atoms with Crippen LogP contribution >= 0.6 is 0 Å². The van der Waals surface area contributed by atoms with Gasteiger partial charge >= 0.3 is 5.97 Å². The van der Waals surface area contributed by atoms with Gasteiger partial charge in [0.05, 0.1) is 23.4 Å². The quantitative estimate of drug-likeness (QED) is 0.0975. The summed E-state index contributed by atoms with van der Waals surface area (Å²) in [5.41, 5.74) is 6.57. The molecule has 8 nitrogen and oxygen atoms in total. The summed E-state index contributed by atoms with van der Waals surface area (Å²) in [4.78, 5) is 11.4. The molecule has 67 heavy (non-hydrogen) atoms. The van der Waals surface area contributed by atoms with Gasteiger partial charge in [-0.05, 0) is 183 Å². The molecule has 0 amide bonds. The molecule has 0 radical (unpaired) electrons. The molecule has 0 saturated heterocycles. The molecule has 6 fully saturated rings. The van der Waals surface area contributed by atoms with Crippen molar-refractivity contribution >= 4 is 5.97 Å².